The second-order valence-electron chi connectivity index (χ2n) is 7.69. The van der Waals surface area contributed by atoms with Crippen molar-refractivity contribution in [2.24, 2.45) is 4.99 Å². The molecule has 2 aromatic rings. The SMILES string of the molecule is C[C@@]1(CCc2ccccc2)NC(=O)N(NC(=O)CN=C2NS(=O)(=O)c3ccccc32)C1=O. The fourth-order valence-corrected chi connectivity index (χ4v) is 4.81. The number of amides is 4. The van der Waals surface area contributed by atoms with Gasteiger partial charge in [-0.25, -0.2) is 13.2 Å². The van der Waals surface area contributed by atoms with Crippen LogP contribution < -0.4 is 15.5 Å². The normalized spacial score (nSPS) is 22.4. The summed E-state index contributed by atoms with van der Waals surface area (Å²) in [6, 6.07) is 15.0. The number of hydrogen-bond acceptors (Lipinski definition) is 6. The molecule has 1 atom stereocenters. The molecule has 32 heavy (non-hydrogen) atoms. The van der Waals surface area contributed by atoms with E-state index in [0.717, 1.165) is 5.56 Å². The Kier molecular flexibility index (Phi) is 5.43. The van der Waals surface area contributed by atoms with Gasteiger partial charge in [-0.1, -0.05) is 42.5 Å². The zero-order valence-electron chi connectivity index (χ0n) is 17.2. The van der Waals surface area contributed by atoms with E-state index in [1.54, 1.807) is 25.1 Å². The molecule has 0 unspecified atom stereocenters. The van der Waals surface area contributed by atoms with E-state index in [2.05, 4.69) is 20.5 Å². The van der Waals surface area contributed by atoms with Gasteiger partial charge in [0.1, 0.15) is 17.9 Å². The quantitative estimate of drug-likeness (QED) is 0.551. The molecule has 1 fully saturated rings. The van der Waals surface area contributed by atoms with Gasteiger partial charge in [0.15, 0.2) is 0 Å². The number of aliphatic imine (C=N–C) groups is 1. The number of rotatable bonds is 6. The minimum Gasteiger partial charge on any atom is -0.322 e. The summed E-state index contributed by atoms with van der Waals surface area (Å²) < 4.78 is 26.5. The molecule has 0 aromatic heterocycles. The Morgan fingerprint density at radius 2 is 1.78 bits per heavy atom. The number of nitrogens with one attached hydrogen (secondary N) is 3. The van der Waals surface area contributed by atoms with Gasteiger partial charge >= 0.3 is 6.03 Å². The van der Waals surface area contributed by atoms with Crippen LogP contribution in [0.4, 0.5) is 4.79 Å². The van der Waals surface area contributed by atoms with Gasteiger partial charge in [0, 0.05) is 5.56 Å². The standard InChI is InChI=1S/C21H21N5O5S/c1-21(12-11-14-7-3-2-4-8-14)19(28)26(20(29)23-21)24-17(27)13-22-18-15-9-5-6-10-16(15)32(30,31)25-18/h2-10H,11-13H2,1H3,(H,22,25)(H,23,29)(H,24,27)/t21-/m0/s1. The first-order chi connectivity index (χ1) is 15.2. The van der Waals surface area contributed by atoms with Crippen LogP contribution in [0.1, 0.15) is 24.5 Å². The van der Waals surface area contributed by atoms with Crippen molar-refractivity contribution in [2.75, 3.05) is 6.54 Å². The number of carbonyl (C=O) groups excluding carboxylic acids is 3. The number of fused-ring (bicyclic) bond motifs is 1. The first kappa shape index (κ1) is 21.5. The highest BCUT2D eigenvalue weighted by molar-refractivity contribution is 7.90. The lowest BCUT2D eigenvalue weighted by molar-refractivity contribution is -0.138. The van der Waals surface area contributed by atoms with Gasteiger partial charge in [-0.3, -0.25) is 24.7 Å². The molecule has 0 saturated carbocycles. The molecule has 2 aromatic carbocycles. The van der Waals surface area contributed by atoms with Crippen molar-refractivity contribution in [2.45, 2.75) is 30.2 Å². The summed E-state index contributed by atoms with van der Waals surface area (Å²) >= 11 is 0. The fourth-order valence-electron chi connectivity index (χ4n) is 3.56. The van der Waals surface area contributed by atoms with Crippen molar-refractivity contribution >= 4 is 33.7 Å². The van der Waals surface area contributed by atoms with Crippen molar-refractivity contribution in [1.82, 2.24) is 20.5 Å². The topological polar surface area (TPSA) is 137 Å². The summed E-state index contributed by atoms with van der Waals surface area (Å²) in [6.45, 7) is 1.12. The molecule has 4 rings (SSSR count). The monoisotopic (exact) mass is 455 g/mol. The van der Waals surface area contributed by atoms with E-state index in [9.17, 15) is 22.8 Å². The molecule has 4 amide bonds. The molecule has 0 spiro atoms. The summed E-state index contributed by atoms with van der Waals surface area (Å²) in [7, 11) is -3.73. The Morgan fingerprint density at radius 3 is 2.53 bits per heavy atom. The average Bonchev–Trinajstić information content (AvgIpc) is 3.16. The number of imide groups is 1. The highest BCUT2D eigenvalue weighted by atomic mass is 32.2. The number of amidine groups is 1. The lowest BCUT2D eigenvalue weighted by Crippen LogP contribution is -2.49. The summed E-state index contributed by atoms with van der Waals surface area (Å²) in [5.41, 5.74) is 2.46. The number of hydrazine groups is 1. The van der Waals surface area contributed by atoms with E-state index >= 15 is 0 Å². The molecule has 2 aliphatic rings. The highest BCUT2D eigenvalue weighted by Crippen LogP contribution is 2.23. The summed E-state index contributed by atoms with van der Waals surface area (Å²) in [5.74, 6) is -1.29. The van der Waals surface area contributed by atoms with E-state index in [0.29, 0.717) is 23.4 Å². The van der Waals surface area contributed by atoms with Crippen LogP contribution in [0.15, 0.2) is 64.5 Å². The molecule has 2 heterocycles. The Labute approximate surface area is 184 Å². The first-order valence-corrected chi connectivity index (χ1v) is 11.3. The van der Waals surface area contributed by atoms with Crippen LogP contribution in [0, 0.1) is 0 Å². The highest BCUT2D eigenvalue weighted by Gasteiger charge is 2.48. The second kappa shape index (κ2) is 8.08. The van der Waals surface area contributed by atoms with Crippen LogP contribution in [0.2, 0.25) is 0 Å². The van der Waals surface area contributed by atoms with Gasteiger partial charge in [0.25, 0.3) is 21.8 Å². The number of benzene rings is 2. The number of hydrogen-bond donors (Lipinski definition) is 3. The van der Waals surface area contributed by atoms with Crippen LogP contribution in [0.3, 0.4) is 0 Å². The van der Waals surface area contributed by atoms with Crippen molar-refractivity contribution in [3.8, 4) is 0 Å². The molecule has 2 aliphatic heterocycles. The summed E-state index contributed by atoms with van der Waals surface area (Å²) in [4.78, 5) is 41.5. The molecule has 0 bridgehead atoms. The second-order valence-corrected chi connectivity index (χ2v) is 9.34. The summed E-state index contributed by atoms with van der Waals surface area (Å²) in [6.07, 6.45) is 0.924. The molecule has 11 heteroatoms. The van der Waals surface area contributed by atoms with Gasteiger partial charge in [0.2, 0.25) is 0 Å². The zero-order valence-corrected chi connectivity index (χ0v) is 18.0. The third-order valence-electron chi connectivity index (χ3n) is 5.30. The van der Waals surface area contributed by atoms with E-state index in [1.807, 2.05) is 30.3 Å². The fraction of sp³-hybridized carbons (Fsp3) is 0.238. The van der Waals surface area contributed by atoms with Crippen molar-refractivity contribution in [3.63, 3.8) is 0 Å². The Morgan fingerprint density at radius 1 is 1.09 bits per heavy atom. The Bertz CT molecular complexity index is 1230. The molecular weight excluding hydrogens is 434 g/mol. The van der Waals surface area contributed by atoms with Crippen molar-refractivity contribution in [3.05, 3.63) is 65.7 Å². The van der Waals surface area contributed by atoms with Gasteiger partial charge in [-0.05, 0) is 37.5 Å². The van der Waals surface area contributed by atoms with Gasteiger partial charge in [-0.15, -0.1) is 0 Å². The maximum Gasteiger partial charge on any atom is 0.344 e. The minimum absolute atomic E-state index is 0.0284. The smallest absolute Gasteiger partial charge is 0.322 e. The Balaban J connectivity index is 1.40. The Hall–Kier alpha value is -3.73. The summed E-state index contributed by atoms with van der Waals surface area (Å²) in [5, 5.41) is 3.26. The third-order valence-corrected chi connectivity index (χ3v) is 6.69. The van der Waals surface area contributed by atoms with Crippen LogP contribution in [-0.4, -0.2) is 49.2 Å². The molecule has 3 N–H and O–H groups in total. The van der Waals surface area contributed by atoms with Crippen LogP contribution >= 0.6 is 0 Å². The largest absolute Gasteiger partial charge is 0.344 e. The van der Waals surface area contributed by atoms with E-state index in [1.165, 1.54) is 6.07 Å². The third kappa shape index (κ3) is 4.06. The van der Waals surface area contributed by atoms with Gasteiger partial charge in [0.05, 0.1) is 4.90 Å². The van der Waals surface area contributed by atoms with Crippen LogP contribution in [0.25, 0.3) is 0 Å². The van der Waals surface area contributed by atoms with E-state index in [4.69, 9.17) is 0 Å². The first-order valence-electron chi connectivity index (χ1n) is 9.86. The lowest BCUT2D eigenvalue weighted by Gasteiger charge is -2.21. The van der Waals surface area contributed by atoms with Crippen LogP contribution in [0.5, 0.6) is 0 Å². The molecule has 10 nitrogen and oxygen atoms in total. The van der Waals surface area contributed by atoms with Crippen molar-refractivity contribution < 1.29 is 22.8 Å². The number of carbonyl (C=O) groups is 3. The maximum atomic E-state index is 12.8. The predicted molar refractivity (Wildman–Crippen MR) is 115 cm³/mol. The maximum absolute atomic E-state index is 12.8. The van der Waals surface area contributed by atoms with Crippen molar-refractivity contribution in [1.29, 1.82) is 0 Å². The van der Waals surface area contributed by atoms with E-state index in [-0.39, 0.29) is 10.7 Å². The van der Waals surface area contributed by atoms with Gasteiger partial charge < -0.3 is 5.32 Å². The molecule has 166 valence electrons. The minimum atomic E-state index is -3.73. The average molecular weight is 455 g/mol. The number of aryl methyl sites for hydroxylation is 1. The zero-order chi connectivity index (χ0) is 22.9. The molecule has 0 radical (unpaired) electrons. The number of sulfonamides is 1. The predicted octanol–water partition coefficient (Wildman–Crippen LogP) is 0.700. The number of urea groups is 1. The van der Waals surface area contributed by atoms with Gasteiger partial charge in [-0.2, -0.15) is 5.01 Å². The van der Waals surface area contributed by atoms with E-state index < -0.39 is 40.0 Å². The number of nitrogens with zero attached hydrogens (tertiary/aromatic N) is 2. The molecular formula is C21H21N5O5S. The molecule has 1 saturated heterocycles. The van der Waals surface area contributed by atoms with Crippen LogP contribution in [-0.2, 0) is 26.0 Å². The molecule has 0 aliphatic carbocycles. The lowest BCUT2D eigenvalue weighted by atomic mass is 9.93.